The first-order valence-electron chi connectivity index (χ1n) is 9.14. The molecule has 0 bridgehead atoms. The number of rotatable bonds is 8. The van der Waals surface area contributed by atoms with Crippen molar-refractivity contribution in [3.05, 3.63) is 48.0 Å². The molecule has 2 heterocycles. The highest BCUT2D eigenvalue weighted by Gasteiger charge is 2.16. The number of ether oxygens (including phenoxy) is 3. The topological polar surface area (TPSA) is 73.8 Å². The lowest BCUT2D eigenvalue weighted by Gasteiger charge is -2.23. The first-order valence-corrected chi connectivity index (χ1v) is 9.14. The van der Waals surface area contributed by atoms with Crippen LogP contribution in [0.1, 0.15) is 35.4 Å². The van der Waals surface area contributed by atoms with Crippen molar-refractivity contribution in [2.24, 2.45) is 0 Å². The quantitative estimate of drug-likeness (QED) is 0.660. The van der Waals surface area contributed by atoms with Gasteiger partial charge in [-0.15, -0.1) is 0 Å². The van der Waals surface area contributed by atoms with Crippen molar-refractivity contribution in [1.82, 2.24) is 14.9 Å². The predicted molar refractivity (Wildman–Crippen MR) is 100 cm³/mol. The van der Waals surface area contributed by atoms with E-state index in [1.54, 1.807) is 24.3 Å². The van der Waals surface area contributed by atoms with Crippen LogP contribution in [0.4, 0.5) is 0 Å². The molecule has 0 amide bonds. The second-order valence-electron chi connectivity index (χ2n) is 6.66. The molecule has 0 saturated carbocycles. The van der Waals surface area contributed by atoms with Crippen LogP contribution >= 0.6 is 0 Å². The summed E-state index contributed by atoms with van der Waals surface area (Å²) in [5.41, 5.74) is 0.508. The molecule has 1 saturated heterocycles. The maximum Gasteiger partial charge on any atom is 0.230 e. The Bertz CT molecular complexity index is 726. The second kappa shape index (κ2) is 9.43. The van der Waals surface area contributed by atoms with Crippen LogP contribution in [0.2, 0.25) is 0 Å². The Labute approximate surface area is 159 Å². The number of aromatic nitrogens is 2. The summed E-state index contributed by atoms with van der Waals surface area (Å²) in [5.74, 6) is 1.13. The molecular weight excluding hydrogens is 346 g/mol. The summed E-state index contributed by atoms with van der Waals surface area (Å²) in [4.78, 5) is 22.8. The molecule has 3 rings (SSSR count). The van der Waals surface area contributed by atoms with Crippen molar-refractivity contribution in [2.75, 3.05) is 33.9 Å². The molecule has 0 aliphatic carbocycles. The fraction of sp³-hybridized carbons (Fsp3) is 0.450. The van der Waals surface area contributed by atoms with Gasteiger partial charge in [0.25, 0.3) is 0 Å². The van der Waals surface area contributed by atoms with E-state index in [0.29, 0.717) is 23.7 Å². The zero-order valence-corrected chi connectivity index (χ0v) is 15.8. The van der Waals surface area contributed by atoms with Crippen LogP contribution in [0.25, 0.3) is 0 Å². The molecule has 0 radical (unpaired) electrons. The Balaban J connectivity index is 1.56. The fourth-order valence-electron chi connectivity index (χ4n) is 2.62. The lowest BCUT2D eigenvalue weighted by molar-refractivity contribution is -0.105. The molecule has 0 spiro atoms. The lowest BCUT2D eigenvalue weighted by atomic mass is 10.1. The van der Waals surface area contributed by atoms with E-state index in [9.17, 15) is 4.79 Å². The normalized spacial score (nSPS) is 16.9. The first-order chi connectivity index (χ1) is 13.1. The number of benzene rings is 1. The molecule has 1 aliphatic heterocycles. The summed E-state index contributed by atoms with van der Waals surface area (Å²) in [7, 11) is 3.94. The van der Waals surface area contributed by atoms with E-state index >= 15 is 0 Å². The summed E-state index contributed by atoms with van der Waals surface area (Å²) in [6.07, 6.45) is 5.91. The van der Waals surface area contributed by atoms with Crippen molar-refractivity contribution < 1.29 is 19.0 Å². The van der Waals surface area contributed by atoms with Crippen molar-refractivity contribution in [1.29, 1.82) is 0 Å². The van der Waals surface area contributed by atoms with Crippen LogP contribution in [0, 0.1) is 0 Å². The second-order valence-corrected chi connectivity index (χ2v) is 6.66. The van der Waals surface area contributed by atoms with Gasteiger partial charge in [-0.05, 0) is 51.2 Å². The van der Waals surface area contributed by atoms with Crippen molar-refractivity contribution in [3.63, 3.8) is 0 Å². The summed E-state index contributed by atoms with van der Waals surface area (Å²) in [6, 6.07) is 6.96. The van der Waals surface area contributed by atoms with Crippen molar-refractivity contribution in [3.8, 4) is 11.5 Å². The Morgan fingerprint density at radius 2 is 1.89 bits per heavy atom. The largest absolute Gasteiger partial charge is 0.489 e. The summed E-state index contributed by atoms with van der Waals surface area (Å²) < 4.78 is 16.9. The number of carbonyl (C=O) groups excluding carboxylic acids is 1. The average Bonchev–Trinajstić information content (AvgIpc) is 2.69. The van der Waals surface area contributed by atoms with Gasteiger partial charge < -0.3 is 19.1 Å². The smallest absolute Gasteiger partial charge is 0.230 e. The minimum atomic E-state index is -0.240. The third-order valence-electron chi connectivity index (χ3n) is 4.16. The fourth-order valence-corrected chi connectivity index (χ4v) is 2.62. The monoisotopic (exact) mass is 371 g/mol. The van der Waals surface area contributed by atoms with Crippen molar-refractivity contribution in [2.45, 2.75) is 25.6 Å². The van der Waals surface area contributed by atoms with E-state index in [1.807, 2.05) is 19.0 Å². The van der Waals surface area contributed by atoms with Gasteiger partial charge in [-0.25, -0.2) is 9.97 Å². The SMILES string of the molecule is CN(C)CCOc1cnc(C(=O)c2ccc(OC3CCCCO3)cc2)nc1. The van der Waals surface area contributed by atoms with E-state index in [4.69, 9.17) is 14.2 Å². The van der Waals surface area contributed by atoms with Crippen LogP contribution in [-0.4, -0.2) is 60.8 Å². The lowest BCUT2D eigenvalue weighted by Crippen LogP contribution is -2.24. The molecular formula is C20H25N3O4. The molecule has 0 N–H and O–H groups in total. The zero-order chi connectivity index (χ0) is 19.1. The van der Waals surface area contributed by atoms with Crippen LogP contribution in [0.15, 0.2) is 36.7 Å². The van der Waals surface area contributed by atoms with Gasteiger partial charge in [-0.1, -0.05) is 0 Å². The highest BCUT2D eigenvalue weighted by molar-refractivity contribution is 6.06. The van der Waals surface area contributed by atoms with Gasteiger partial charge in [0.15, 0.2) is 12.0 Å². The Kier molecular flexibility index (Phi) is 6.73. The highest BCUT2D eigenvalue weighted by Crippen LogP contribution is 2.20. The van der Waals surface area contributed by atoms with E-state index in [-0.39, 0.29) is 17.9 Å². The number of carbonyl (C=O) groups is 1. The minimum absolute atomic E-state index is 0.138. The molecule has 1 fully saturated rings. The average molecular weight is 371 g/mol. The number of hydrogen-bond acceptors (Lipinski definition) is 7. The van der Waals surface area contributed by atoms with Gasteiger partial charge in [0, 0.05) is 18.5 Å². The van der Waals surface area contributed by atoms with Gasteiger partial charge in [0.1, 0.15) is 12.4 Å². The maximum absolute atomic E-state index is 12.5. The number of nitrogens with zero attached hydrogens (tertiary/aromatic N) is 3. The molecule has 1 atom stereocenters. The molecule has 1 aromatic heterocycles. The molecule has 7 heteroatoms. The summed E-state index contributed by atoms with van der Waals surface area (Å²) >= 11 is 0. The van der Waals surface area contributed by atoms with E-state index in [2.05, 4.69) is 9.97 Å². The standard InChI is InChI=1S/C20H25N3O4/c1-23(2)10-12-25-17-13-21-20(22-14-17)19(24)15-6-8-16(9-7-15)27-18-5-3-4-11-26-18/h6-9,13-14,18H,3-5,10-12H2,1-2H3. The first kappa shape index (κ1) is 19.3. The third-order valence-corrected chi connectivity index (χ3v) is 4.16. The van der Waals surface area contributed by atoms with Crippen LogP contribution in [-0.2, 0) is 4.74 Å². The van der Waals surface area contributed by atoms with Gasteiger partial charge in [-0.3, -0.25) is 4.79 Å². The van der Waals surface area contributed by atoms with Crippen LogP contribution < -0.4 is 9.47 Å². The Hall–Kier alpha value is -2.51. The van der Waals surface area contributed by atoms with Gasteiger partial charge >= 0.3 is 0 Å². The molecule has 27 heavy (non-hydrogen) atoms. The van der Waals surface area contributed by atoms with Gasteiger partial charge in [0.2, 0.25) is 11.6 Å². The maximum atomic E-state index is 12.5. The predicted octanol–water partition coefficient (Wildman–Crippen LogP) is 2.55. The van der Waals surface area contributed by atoms with E-state index in [0.717, 1.165) is 32.4 Å². The minimum Gasteiger partial charge on any atom is -0.489 e. The van der Waals surface area contributed by atoms with Crippen LogP contribution in [0.3, 0.4) is 0 Å². The van der Waals surface area contributed by atoms with Gasteiger partial charge in [0.05, 0.1) is 19.0 Å². The summed E-state index contributed by atoms with van der Waals surface area (Å²) in [6.45, 7) is 2.06. The number of hydrogen-bond donors (Lipinski definition) is 0. The Morgan fingerprint density at radius 1 is 1.15 bits per heavy atom. The number of ketones is 1. The third kappa shape index (κ3) is 5.74. The van der Waals surface area contributed by atoms with Gasteiger partial charge in [-0.2, -0.15) is 0 Å². The van der Waals surface area contributed by atoms with Crippen LogP contribution in [0.5, 0.6) is 11.5 Å². The summed E-state index contributed by atoms with van der Waals surface area (Å²) in [5, 5.41) is 0. The van der Waals surface area contributed by atoms with Crippen molar-refractivity contribution >= 4 is 5.78 Å². The molecule has 1 unspecified atom stereocenters. The molecule has 1 aromatic carbocycles. The number of likely N-dealkylation sites (N-methyl/N-ethyl adjacent to an activating group) is 1. The highest BCUT2D eigenvalue weighted by atomic mass is 16.7. The molecule has 7 nitrogen and oxygen atoms in total. The Morgan fingerprint density at radius 3 is 2.52 bits per heavy atom. The van der Waals surface area contributed by atoms with E-state index < -0.39 is 0 Å². The molecule has 1 aliphatic rings. The zero-order valence-electron chi connectivity index (χ0n) is 15.8. The van der Waals surface area contributed by atoms with E-state index in [1.165, 1.54) is 12.4 Å². The molecule has 144 valence electrons. The molecule has 2 aromatic rings.